The van der Waals surface area contributed by atoms with E-state index in [1.165, 1.54) is 24.3 Å². The number of hydrogen-bond donors (Lipinski definition) is 0. The molecule has 0 spiro atoms. The van der Waals surface area contributed by atoms with Crippen molar-refractivity contribution in [1.29, 1.82) is 0 Å². The largest absolute Gasteiger partial charge is 0.222 e. The summed E-state index contributed by atoms with van der Waals surface area (Å²) in [5, 5.41) is 0. The van der Waals surface area contributed by atoms with Crippen LogP contribution in [0, 0.1) is 11.8 Å². The van der Waals surface area contributed by atoms with Crippen molar-refractivity contribution in [1.82, 2.24) is 0 Å². The van der Waals surface area contributed by atoms with Crippen LogP contribution in [0.3, 0.4) is 0 Å². The molecule has 2 aromatic carbocycles. The summed E-state index contributed by atoms with van der Waals surface area (Å²) in [4.78, 5) is 0.0971. The van der Waals surface area contributed by atoms with Gasteiger partial charge in [0.2, 0.25) is 0 Å². The smallest absolute Gasteiger partial charge is 0.198 e. The highest BCUT2D eigenvalue weighted by Crippen LogP contribution is 2.53. The van der Waals surface area contributed by atoms with Crippen LogP contribution in [0.25, 0.3) is 0 Å². The Labute approximate surface area is 181 Å². The number of hydrogen-bond acceptors (Lipinski definition) is 4. The molecule has 0 amide bonds. The lowest BCUT2D eigenvalue weighted by Crippen LogP contribution is -2.44. The molecule has 3 rings (SSSR count). The van der Waals surface area contributed by atoms with E-state index < -0.39 is 23.8 Å². The Kier molecular flexibility index (Phi) is 6.36. The summed E-state index contributed by atoms with van der Waals surface area (Å²) in [6, 6.07) is 15.8. The second-order valence-electron chi connectivity index (χ2n) is 7.09. The minimum atomic E-state index is -4.14. The minimum absolute atomic E-state index is 0.0340. The Morgan fingerprint density at radius 3 is 1.75 bits per heavy atom. The van der Waals surface area contributed by atoms with Gasteiger partial charge in [-0.1, -0.05) is 65.1 Å². The molecule has 1 saturated carbocycles. The van der Waals surface area contributed by atoms with E-state index in [9.17, 15) is 16.8 Å². The first-order valence-corrected chi connectivity index (χ1v) is 13.6. The van der Waals surface area contributed by atoms with E-state index in [-0.39, 0.29) is 34.5 Å². The van der Waals surface area contributed by atoms with Crippen LogP contribution >= 0.6 is 22.6 Å². The van der Waals surface area contributed by atoms with Gasteiger partial charge in [0, 0.05) is 0 Å². The zero-order chi connectivity index (χ0) is 20.4. The van der Waals surface area contributed by atoms with Gasteiger partial charge in [-0.05, 0) is 59.8 Å². The van der Waals surface area contributed by atoms with Crippen LogP contribution in [0.5, 0.6) is 0 Å². The molecule has 0 radical (unpaired) electrons. The van der Waals surface area contributed by atoms with Crippen LogP contribution < -0.4 is 0 Å². The fourth-order valence-corrected chi connectivity index (χ4v) is 10.2. The van der Waals surface area contributed by atoms with Crippen molar-refractivity contribution in [2.45, 2.75) is 33.1 Å². The standard InChI is InChI=1S/C21H23IO4S2/c1-2-17-15-21(16-18(17)13-14-22,27(23,24)19-9-5-3-6-10-19)28(25,26)20-11-7-4-8-12-20/h2-12,17-18H,1,13-16H2/t17-,18+/m0/s1. The topological polar surface area (TPSA) is 68.3 Å². The Morgan fingerprint density at radius 2 is 1.36 bits per heavy atom. The summed E-state index contributed by atoms with van der Waals surface area (Å²) in [5.41, 5.74) is 0. The van der Waals surface area contributed by atoms with E-state index in [4.69, 9.17) is 0 Å². The third-order valence-electron chi connectivity index (χ3n) is 5.59. The van der Waals surface area contributed by atoms with Gasteiger partial charge in [-0.15, -0.1) is 6.58 Å². The Morgan fingerprint density at radius 1 is 0.893 bits per heavy atom. The Bertz CT molecular complexity index is 963. The predicted octanol–water partition coefficient (Wildman–Crippen LogP) is 4.67. The highest BCUT2D eigenvalue weighted by Gasteiger charge is 2.61. The van der Waals surface area contributed by atoms with Crippen LogP contribution in [0.2, 0.25) is 0 Å². The van der Waals surface area contributed by atoms with Gasteiger partial charge in [0.15, 0.2) is 23.8 Å². The molecule has 0 saturated heterocycles. The van der Waals surface area contributed by atoms with Crippen molar-refractivity contribution in [2.24, 2.45) is 11.8 Å². The van der Waals surface area contributed by atoms with Gasteiger partial charge in [0.1, 0.15) is 0 Å². The van der Waals surface area contributed by atoms with Crippen molar-refractivity contribution in [2.75, 3.05) is 4.43 Å². The third-order valence-corrected chi connectivity index (χ3v) is 11.9. The summed E-state index contributed by atoms with van der Waals surface area (Å²) >= 11 is 2.25. The first-order valence-electron chi connectivity index (χ1n) is 9.08. The first-order chi connectivity index (χ1) is 13.3. The van der Waals surface area contributed by atoms with E-state index >= 15 is 0 Å². The van der Waals surface area contributed by atoms with Crippen molar-refractivity contribution >= 4 is 42.3 Å². The minimum Gasteiger partial charge on any atom is -0.222 e. The van der Waals surface area contributed by atoms with E-state index in [0.717, 1.165) is 10.8 Å². The molecule has 2 atom stereocenters. The van der Waals surface area contributed by atoms with Crippen molar-refractivity contribution in [3.8, 4) is 0 Å². The number of sulfone groups is 2. The number of halogens is 1. The molecular weight excluding hydrogens is 507 g/mol. The first kappa shape index (κ1) is 21.5. The average molecular weight is 530 g/mol. The molecule has 0 aromatic heterocycles. The molecular formula is C21H23IO4S2. The SMILES string of the molecule is C=C[C@H]1CC(S(=O)(=O)c2ccccc2)(S(=O)(=O)c2ccccc2)C[C@H]1CCI. The highest BCUT2D eigenvalue weighted by atomic mass is 127. The highest BCUT2D eigenvalue weighted by molar-refractivity contribution is 14.1. The molecule has 150 valence electrons. The maximum Gasteiger partial charge on any atom is 0.198 e. The Hall–Kier alpha value is -1.19. The van der Waals surface area contributed by atoms with Crippen LogP contribution in [-0.2, 0) is 19.7 Å². The quantitative estimate of drug-likeness (QED) is 0.297. The Balaban J connectivity index is 2.26. The van der Waals surface area contributed by atoms with Crippen molar-refractivity contribution in [3.05, 3.63) is 73.3 Å². The van der Waals surface area contributed by atoms with E-state index in [0.29, 0.717) is 0 Å². The van der Waals surface area contributed by atoms with Gasteiger partial charge >= 0.3 is 0 Å². The van der Waals surface area contributed by atoms with Gasteiger partial charge in [-0.3, -0.25) is 0 Å². The number of rotatable bonds is 7. The van der Waals surface area contributed by atoms with Gasteiger partial charge in [0.25, 0.3) is 0 Å². The molecule has 4 nitrogen and oxygen atoms in total. The van der Waals surface area contributed by atoms with Gasteiger partial charge in [-0.2, -0.15) is 0 Å². The summed E-state index contributed by atoms with van der Waals surface area (Å²) in [6.07, 6.45) is 2.60. The van der Waals surface area contributed by atoms with Crippen molar-refractivity contribution in [3.63, 3.8) is 0 Å². The fourth-order valence-electron chi connectivity index (χ4n) is 4.10. The summed E-state index contributed by atoms with van der Waals surface area (Å²) in [5.74, 6) is -0.196. The molecule has 0 heterocycles. The van der Waals surface area contributed by atoms with Crippen LogP contribution in [0.1, 0.15) is 19.3 Å². The lowest BCUT2D eigenvalue weighted by atomic mass is 9.94. The third kappa shape index (κ3) is 3.45. The maximum absolute atomic E-state index is 13.8. The maximum atomic E-state index is 13.8. The molecule has 0 bridgehead atoms. The molecule has 7 heteroatoms. The zero-order valence-corrected chi connectivity index (χ0v) is 19.2. The van der Waals surface area contributed by atoms with E-state index in [1.807, 2.05) is 0 Å². The van der Waals surface area contributed by atoms with Gasteiger partial charge in [0.05, 0.1) is 9.79 Å². The molecule has 1 aliphatic rings. The molecule has 28 heavy (non-hydrogen) atoms. The van der Waals surface area contributed by atoms with Gasteiger partial charge in [-0.25, -0.2) is 16.8 Å². The normalized spacial score (nSPS) is 22.0. The lowest BCUT2D eigenvalue weighted by molar-refractivity contribution is 0.449. The summed E-state index contributed by atoms with van der Waals surface area (Å²) < 4.78 is 54.0. The van der Waals surface area contributed by atoms with Gasteiger partial charge < -0.3 is 0 Å². The second kappa shape index (κ2) is 8.28. The summed E-state index contributed by atoms with van der Waals surface area (Å²) in [7, 11) is -8.28. The number of allylic oxidation sites excluding steroid dienone is 1. The average Bonchev–Trinajstić information content (AvgIpc) is 3.10. The molecule has 0 N–H and O–H groups in total. The zero-order valence-electron chi connectivity index (χ0n) is 15.4. The molecule has 0 aliphatic heterocycles. The van der Waals surface area contributed by atoms with Crippen LogP contribution in [-0.4, -0.2) is 25.3 Å². The van der Waals surface area contributed by atoms with Crippen LogP contribution in [0.15, 0.2) is 83.1 Å². The second-order valence-corrected chi connectivity index (χ2v) is 12.9. The predicted molar refractivity (Wildman–Crippen MR) is 120 cm³/mol. The molecule has 1 aliphatic carbocycles. The molecule has 0 unspecified atom stereocenters. The van der Waals surface area contributed by atoms with Crippen molar-refractivity contribution < 1.29 is 16.8 Å². The van der Waals surface area contributed by atoms with Crippen LogP contribution in [0.4, 0.5) is 0 Å². The molecule has 1 fully saturated rings. The number of benzene rings is 2. The fraction of sp³-hybridized carbons (Fsp3) is 0.333. The summed E-state index contributed by atoms with van der Waals surface area (Å²) in [6.45, 7) is 3.86. The monoisotopic (exact) mass is 530 g/mol. The van der Waals surface area contributed by atoms with E-state index in [1.54, 1.807) is 42.5 Å². The lowest BCUT2D eigenvalue weighted by Gasteiger charge is -2.29. The molecule has 2 aromatic rings. The number of alkyl halides is 1. The van der Waals surface area contributed by atoms with E-state index in [2.05, 4.69) is 29.2 Å².